The van der Waals surface area contributed by atoms with Crippen molar-refractivity contribution in [2.45, 2.75) is 52.8 Å². The molecular formula is C20H28N2O6. The van der Waals surface area contributed by atoms with E-state index in [4.69, 9.17) is 9.57 Å². The van der Waals surface area contributed by atoms with Crippen molar-refractivity contribution >= 4 is 18.0 Å². The van der Waals surface area contributed by atoms with Crippen LogP contribution in [0.15, 0.2) is 24.3 Å². The molecule has 8 nitrogen and oxygen atoms in total. The number of carboxylic acid groups (broad SMARTS) is 1. The highest BCUT2D eigenvalue weighted by molar-refractivity contribution is 5.97. The van der Waals surface area contributed by atoms with E-state index in [9.17, 15) is 19.5 Å². The summed E-state index contributed by atoms with van der Waals surface area (Å²) in [5.41, 5.74) is 0.683. The number of carboxylic acids is 1. The molecule has 0 bridgehead atoms. The number of carbonyl (C=O) groups excluding carboxylic acids is 2. The van der Waals surface area contributed by atoms with Crippen molar-refractivity contribution in [1.82, 2.24) is 9.96 Å². The quantitative estimate of drug-likeness (QED) is 0.766. The minimum atomic E-state index is -1.12. The van der Waals surface area contributed by atoms with Crippen LogP contribution in [0.4, 0.5) is 4.79 Å². The number of rotatable bonds is 7. The molecule has 1 atom stereocenters. The van der Waals surface area contributed by atoms with E-state index in [1.165, 1.54) is 5.06 Å². The summed E-state index contributed by atoms with van der Waals surface area (Å²) in [6, 6.07) is 6.14. The van der Waals surface area contributed by atoms with Crippen molar-refractivity contribution in [3.8, 4) is 0 Å². The van der Waals surface area contributed by atoms with Crippen LogP contribution in [0.25, 0.3) is 0 Å². The number of carbonyl (C=O) groups is 3. The number of hydrogen-bond donors (Lipinski definition) is 1. The number of ether oxygens (including phenoxy) is 1. The van der Waals surface area contributed by atoms with Gasteiger partial charge in [-0.1, -0.05) is 32.0 Å². The molecule has 8 heteroatoms. The number of benzene rings is 1. The van der Waals surface area contributed by atoms with Gasteiger partial charge in [0.15, 0.2) is 0 Å². The molecule has 1 N–H and O–H groups in total. The maximum absolute atomic E-state index is 12.6. The predicted octanol–water partition coefficient (Wildman–Crippen LogP) is 2.92. The first-order chi connectivity index (χ1) is 13.0. The Balaban J connectivity index is 2.05. The molecule has 1 aliphatic rings. The molecule has 0 spiro atoms. The molecule has 1 aliphatic heterocycles. The lowest BCUT2D eigenvalue weighted by Crippen LogP contribution is -2.51. The van der Waals surface area contributed by atoms with Gasteiger partial charge in [-0.3, -0.25) is 14.5 Å². The number of aliphatic carboxylic acids is 1. The molecule has 0 fully saturated rings. The molecule has 2 amide bonds. The second-order valence-electron chi connectivity index (χ2n) is 8.03. The van der Waals surface area contributed by atoms with Gasteiger partial charge in [0.25, 0.3) is 5.91 Å². The standard InChI is InChI=1S/C20H28N2O6/c1-13(2)16(18(24)25)21(19(26)28-20(3,4)5)10-11-27-22-12-14-8-6-7-9-15(14)17(22)23/h6-9,13,16H,10-12H2,1-5H3,(H,24,25)/t16-/m0/s1. The molecule has 2 rings (SSSR count). The largest absolute Gasteiger partial charge is 0.480 e. The zero-order valence-electron chi connectivity index (χ0n) is 17.0. The summed E-state index contributed by atoms with van der Waals surface area (Å²) in [7, 11) is 0. The molecule has 28 heavy (non-hydrogen) atoms. The van der Waals surface area contributed by atoms with Gasteiger partial charge in [-0.2, -0.15) is 0 Å². The Hall–Kier alpha value is -2.61. The van der Waals surface area contributed by atoms with Gasteiger partial charge in [0.1, 0.15) is 11.6 Å². The fourth-order valence-corrected chi connectivity index (χ4v) is 3.02. The van der Waals surface area contributed by atoms with E-state index in [2.05, 4.69) is 0 Å². The third-order valence-electron chi connectivity index (χ3n) is 4.22. The van der Waals surface area contributed by atoms with E-state index >= 15 is 0 Å². The highest BCUT2D eigenvalue weighted by atomic mass is 16.7. The molecule has 0 saturated carbocycles. The normalized spacial score (nSPS) is 14.8. The van der Waals surface area contributed by atoms with E-state index in [-0.39, 0.29) is 25.0 Å². The lowest BCUT2D eigenvalue weighted by molar-refractivity contribution is -0.149. The van der Waals surface area contributed by atoms with E-state index in [1.54, 1.807) is 46.8 Å². The Morgan fingerprint density at radius 2 is 1.89 bits per heavy atom. The van der Waals surface area contributed by atoms with E-state index in [0.29, 0.717) is 12.1 Å². The van der Waals surface area contributed by atoms with Crippen LogP contribution in [-0.4, -0.2) is 57.8 Å². The van der Waals surface area contributed by atoms with Crippen molar-refractivity contribution in [2.75, 3.05) is 13.2 Å². The molecule has 0 radical (unpaired) electrons. The van der Waals surface area contributed by atoms with Crippen molar-refractivity contribution in [2.24, 2.45) is 5.92 Å². The minimum Gasteiger partial charge on any atom is -0.480 e. The molecule has 0 aliphatic carbocycles. The number of hydrogen-bond acceptors (Lipinski definition) is 5. The van der Waals surface area contributed by atoms with Crippen LogP contribution in [0.1, 0.15) is 50.5 Å². The number of hydroxylamine groups is 2. The fourth-order valence-electron chi connectivity index (χ4n) is 3.02. The van der Waals surface area contributed by atoms with Gasteiger partial charge in [-0.05, 0) is 38.3 Å². The molecule has 1 heterocycles. The molecule has 154 valence electrons. The number of fused-ring (bicyclic) bond motifs is 1. The second kappa shape index (κ2) is 8.60. The Morgan fingerprint density at radius 3 is 2.43 bits per heavy atom. The first kappa shape index (κ1) is 21.7. The van der Waals surface area contributed by atoms with Gasteiger partial charge >= 0.3 is 12.1 Å². The Kier molecular flexibility index (Phi) is 6.66. The van der Waals surface area contributed by atoms with E-state index < -0.39 is 23.7 Å². The molecular weight excluding hydrogens is 364 g/mol. The van der Waals surface area contributed by atoms with Gasteiger partial charge in [0, 0.05) is 5.56 Å². The highest BCUT2D eigenvalue weighted by Crippen LogP contribution is 2.23. The first-order valence-corrected chi connectivity index (χ1v) is 9.26. The van der Waals surface area contributed by atoms with Crippen LogP contribution < -0.4 is 0 Å². The van der Waals surface area contributed by atoms with Crippen molar-refractivity contribution in [3.63, 3.8) is 0 Å². The van der Waals surface area contributed by atoms with Crippen LogP contribution in [0, 0.1) is 5.92 Å². The Bertz CT molecular complexity index is 740. The summed E-state index contributed by atoms with van der Waals surface area (Å²) in [6.45, 7) is 8.84. The van der Waals surface area contributed by atoms with Crippen LogP contribution in [-0.2, 0) is 20.9 Å². The molecule has 0 saturated heterocycles. The summed E-state index contributed by atoms with van der Waals surface area (Å²) in [6.07, 6.45) is -0.728. The molecule has 1 aromatic rings. The van der Waals surface area contributed by atoms with Crippen LogP contribution in [0.2, 0.25) is 0 Å². The van der Waals surface area contributed by atoms with Crippen molar-refractivity contribution in [1.29, 1.82) is 0 Å². The Morgan fingerprint density at radius 1 is 1.25 bits per heavy atom. The third kappa shape index (κ3) is 5.22. The summed E-state index contributed by atoms with van der Waals surface area (Å²) < 4.78 is 5.36. The fraction of sp³-hybridized carbons (Fsp3) is 0.550. The maximum atomic E-state index is 12.6. The van der Waals surface area contributed by atoms with Gasteiger partial charge in [0.05, 0.1) is 19.7 Å². The second-order valence-corrected chi connectivity index (χ2v) is 8.03. The lowest BCUT2D eigenvalue weighted by atomic mass is 10.0. The summed E-state index contributed by atoms with van der Waals surface area (Å²) in [5.74, 6) is -1.70. The number of nitrogens with zero attached hydrogens (tertiary/aromatic N) is 2. The van der Waals surface area contributed by atoms with Gasteiger partial charge in [0.2, 0.25) is 0 Å². The smallest absolute Gasteiger partial charge is 0.411 e. The van der Waals surface area contributed by atoms with Gasteiger partial charge < -0.3 is 9.84 Å². The van der Waals surface area contributed by atoms with Gasteiger partial charge in [-0.25, -0.2) is 14.7 Å². The van der Waals surface area contributed by atoms with Gasteiger partial charge in [-0.15, -0.1) is 0 Å². The minimum absolute atomic E-state index is 0.0236. The average molecular weight is 392 g/mol. The summed E-state index contributed by atoms with van der Waals surface area (Å²) >= 11 is 0. The zero-order valence-corrected chi connectivity index (χ0v) is 17.0. The highest BCUT2D eigenvalue weighted by Gasteiger charge is 2.35. The lowest BCUT2D eigenvalue weighted by Gasteiger charge is -2.33. The zero-order chi connectivity index (χ0) is 21.1. The average Bonchev–Trinajstić information content (AvgIpc) is 2.88. The van der Waals surface area contributed by atoms with Crippen molar-refractivity contribution in [3.05, 3.63) is 35.4 Å². The van der Waals surface area contributed by atoms with E-state index in [1.807, 2.05) is 12.1 Å². The Labute approximate surface area is 165 Å². The van der Waals surface area contributed by atoms with Crippen LogP contribution in [0.5, 0.6) is 0 Å². The third-order valence-corrected chi connectivity index (χ3v) is 4.22. The maximum Gasteiger partial charge on any atom is 0.411 e. The summed E-state index contributed by atoms with van der Waals surface area (Å²) in [4.78, 5) is 43.4. The van der Waals surface area contributed by atoms with Crippen molar-refractivity contribution < 1.29 is 29.1 Å². The van der Waals surface area contributed by atoms with E-state index in [0.717, 1.165) is 10.5 Å². The SMILES string of the molecule is CC(C)[C@@H](C(=O)O)N(CCON1Cc2ccccc2C1=O)C(=O)OC(C)(C)C. The predicted molar refractivity (Wildman–Crippen MR) is 101 cm³/mol. The number of amides is 2. The van der Waals surface area contributed by atoms with Crippen LogP contribution in [0.3, 0.4) is 0 Å². The monoisotopic (exact) mass is 392 g/mol. The molecule has 1 aromatic carbocycles. The molecule has 0 unspecified atom stereocenters. The topological polar surface area (TPSA) is 96.4 Å². The first-order valence-electron chi connectivity index (χ1n) is 9.26. The molecule has 0 aromatic heterocycles. The van der Waals surface area contributed by atoms with Crippen LogP contribution >= 0.6 is 0 Å². The summed E-state index contributed by atoms with van der Waals surface area (Å²) in [5, 5.41) is 10.8.